The Balaban J connectivity index is 2.01. The van der Waals surface area contributed by atoms with Gasteiger partial charge in [0.2, 0.25) is 0 Å². The van der Waals surface area contributed by atoms with Crippen LogP contribution in [-0.2, 0) is 0 Å². The van der Waals surface area contributed by atoms with Crippen molar-refractivity contribution in [3.63, 3.8) is 0 Å². The predicted molar refractivity (Wildman–Crippen MR) is 92.1 cm³/mol. The van der Waals surface area contributed by atoms with Crippen LogP contribution in [0.2, 0.25) is 0 Å². The van der Waals surface area contributed by atoms with E-state index in [4.69, 9.17) is 5.73 Å². The van der Waals surface area contributed by atoms with Crippen LogP contribution in [0.3, 0.4) is 0 Å². The number of hydrogen-bond donors (Lipinski definition) is 1. The molecule has 1 aliphatic rings. The van der Waals surface area contributed by atoms with Crippen molar-refractivity contribution in [1.29, 1.82) is 0 Å². The Morgan fingerprint density at radius 3 is 1.81 bits per heavy atom. The second-order valence-electron chi connectivity index (χ2n) is 5.16. The standard InChI is InChI=1S/C19H19NP/c1-15(20)18-13-8-14-19(18)21(16-9-4-2-5-10-16)17-11-6-3-7-12-17/h2-15H,20H2,1H3/t15-/m1/s1. The average molecular weight is 292 g/mol. The van der Waals surface area contributed by atoms with Crippen molar-refractivity contribution in [2.75, 3.05) is 0 Å². The normalized spacial score (nSPS) is 18.2. The van der Waals surface area contributed by atoms with Gasteiger partial charge < -0.3 is 5.73 Å². The van der Waals surface area contributed by atoms with Gasteiger partial charge in [-0.05, 0) is 44.7 Å². The van der Waals surface area contributed by atoms with Gasteiger partial charge in [-0.1, -0.05) is 60.7 Å². The van der Waals surface area contributed by atoms with Crippen molar-refractivity contribution in [2.24, 2.45) is 5.73 Å². The third kappa shape index (κ3) is 3.20. The van der Waals surface area contributed by atoms with Crippen LogP contribution in [0.1, 0.15) is 6.92 Å². The molecule has 1 atom stereocenters. The van der Waals surface area contributed by atoms with Crippen molar-refractivity contribution >= 4 is 18.5 Å². The summed E-state index contributed by atoms with van der Waals surface area (Å²) >= 11 is 0. The van der Waals surface area contributed by atoms with Crippen LogP contribution in [0.25, 0.3) is 0 Å². The minimum Gasteiger partial charge on any atom is -0.327 e. The molecule has 105 valence electrons. The van der Waals surface area contributed by atoms with Gasteiger partial charge in [0, 0.05) is 17.6 Å². The Hall–Kier alpha value is -1.17. The zero-order valence-electron chi connectivity index (χ0n) is 12.1. The van der Waals surface area contributed by atoms with E-state index in [9.17, 15) is 0 Å². The molecule has 2 aromatic carbocycles. The number of nitrogens with two attached hydrogens (primary N) is 1. The van der Waals surface area contributed by atoms with Crippen LogP contribution in [0, 0.1) is 30.8 Å². The molecule has 1 saturated carbocycles. The second kappa shape index (κ2) is 6.73. The van der Waals surface area contributed by atoms with E-state index in [0.29, 0.717) is 0 Å². The van der Waals surface area contributed by atoms with Crippen molar-refractivity contribution < 1.29 is 0 Å². The maximum atomic E-state index is 6.16. The third-order valence-electron chi connectivity index (χ3n) is 3.59. The molecule has 0 amide bonds. The van der Waals surface area contributed by atoms with Gasteiger partial charge in [0.05, 0.1) is 0 Å². The lowest BCUT2D eigenvalue weighted by Crippen LogP contribution is -2.29. The molecule has 2 N–H and O–H groups in total. The minimum atomic E-state index is -0.542. The summed E-state index contributed by atoms with van der Waals surface area (Å²) in [5.41, 5.74) is 7.54. The summed E-state index contributed by atoms with van der Waals surface area (Å²) in [6.45, 7) is 2.06. The zero-order valence-corrected chi connectivity index (χ0v) is 13.0. The molecule has 21 heavy (non-hydrogen) atoms. The lowest BCUT2D eigenvalue weighted by molar-refractivity contribution is 0.793. The summed E-state index contributed by atoms with van der Waals surface area (Å²) in [5.74, 6) is 1.26. The molecule has 0 heterocycles. The zero-order chi connectivity index (χ0) is 14.7. The van der Waals surface area contributed by atoms with Crippen LogP contribution in [0.5, 0.6) is 0 Å². The van der Waals surface area contributed by atoms with Crippen molar-refractivity contribution in [3.8, 4) is 0 Å². The molecule has 0 unspecified atom stereocenters. The highest BCUT2D eigenvalue weighted by Crippen LogP contribution is 2.56. The van der Waals surface area contributed by atoms with Crippen LogP contribution >= 0.6 is 7.92 Å². The molecule has 2 aromatic rings. The molecule has 1 nitrogen and oxygen atoms in total. The fraction of sp³-hybridized carbons (Fsp3) is 0.105. The highest BCUT2D eigenvalue weighted by Gasteiger charge is 2.38. The highest BCUT2D eigenvalue weighted by molar-refractivity contribution is 7.76. The topological polar surface area (TPSA) is 26.0 Å². The molecule has 5 radical (unpaired) electrons. The molecule has 1 aliphatic carbocycles. The van der Waals surface area contributed by atoms with Crippen molar-refractivity contribution in [3.05, 3.63) is 91.5 Å². The predicted octanol–water partition coefficient (Wildman–Crippen LogP) is 3.20. The first-order valence-electron chi connectivity index (χ1n) is 7.19. The van der Waals surface area contributed by atoms with Gasteiger partial charge in [-0.25, -0.2) is 0 Å². The van der Waals surface area contributed by atoms with E-state index < -0.39 is 7.92 Å². The first-order valence-corrected chi connectivity index (χ1v) is 8.53. The quantitative estimate of drug-likeness (QED) is 0.861. The monoisotopic (exact) mass is 292 g/mol. The third-order valence-corrected chi connectivity index (χ3v) is 6.10. The van der Waals surface area contributed by atoms with Crippen LogP contribution in [0.4, 0.5) is 0 Å². The summed E-state index contributed by atoms with van der Waals surface area (Å²) in [7, 11) is -0.542. The summed E-state index contributed by atoms with van der Waals surface area (Å²) in [5, 5.41) is 2.73. The molecule has 0 aliphatic heterocycles. The summed E-state index contributed by atoms with van der Waals surface area (Å²) in [6.07, 6.45) is 6.50. The van der Waals surface area contributed by atoms with E-state index in [0.717, 1.165) is 0 Å². The molecule has 0 bridgehead atoms. The van der Waals surface area contributed by atoms with E-state index in [1.165, 1.54) is 22.2 Å². The number of rotatable bonds is 4. The Morgan fingerprint density at radius 1 is 0.810 bits per heavy atom. The Labute approximate surface area is 129 Å². The van der Waals surface area contributed by atoms with Gasteiger partial charge in [-0.2, -0.15) is 0 Å². The first kappa shape index (κ1) is 14.8. The van der Waals surface area contributed by atoms with E-state index >= 15 is 0 Å². The largest absolute Gasteiger partial charge is 0.327 e. The van der Waals surface area contributed by atoms with Crippen molar-refractivity contribution in [2.45, 2.75) is 13.0 Å². The fourth-order valence-electron chi connectivity index (χ4n) is 2.59. The van der Waals surface area contributed by atoms with Gasteiger partial charge >= 0.3 is 0 Å². The van der Waals surface area contributed by atoms with Crippen LogP contribution in [-0.4, -0.2) is 6.04 Å². The number of hydrogen-bond acceptors (Lipinski definition) is 1. The summed E-state index contributed by atoms with van der Waals surface area (Å²) in [4.78, 5) is 0. The average Bonchev–Trinajstić information content (AvgIpc) is 2.99. The molecule has 0 aromatic heterocycles. The molecule has 2 heteroatoms. The SMILES string of the molecule is C[C@@H](N)[C]1[CH][CH][CH][C]1P(c1ccccc1)c1ccccc1. The molecular weight excluding hydrogens is 273 g/mol. The fourth-order valence-corrected chi connectivity index (χ4v) is 5.16. The highest BCUT2D eigenvalue weighted by atomic mass is 31.1. The van der Waals surface area contributed by atoms with E-state index in [1.54, 1.807) is 0 Å². The Morgan fingerprint density at radius 2 is 1.33 bits per heavy atom. The lowest BCUT2D eigenvalue weighted by Gasteiger charge is -2.30. The molecular formula is C19H19NP. The van der Waals surface area contributed by atoms with Gasteiger partial charge in [0.25, 0.3) is 0 Å². The maximum Gasteiger partial charge on any atom is 0.0211 e. The summed E-state index contributed by atoms with van der Waals surface area (Å²) < 4.78 is 0. The van der Waals surface area contributed by atoms with E-state index in [2.05, 4.69) is 86.8 Å². The van der Waals surface area contributed by atoms with Crippen LogP contribution < -0.4 is 16.3 Å². The van der Waals surface area contributed by atoms with Crippen LogP contribution in [0.15, 0.2) is 60.7 Å². The van der Waals surface area contributed by atoms with E-state index in [1.807, 2.05) is 0 Å². The van der Waals surface area contributed by atoms with E-state index in [-0.39, 0.29) is 6.04 Å². The first-order chi connectivity index (χ1) is 10.3. The molecule has 1 fully saturated rings. The molecule has 0 spiro atoms. The number of benzene rings is 2. The molecule has 3 rings (SSSR count). The Bertz CT molecular complexity index is 513. The smallest absolute Gasteiger partial charge is 0.0211 e. The van der Waals surface area contributed by atoms with Gasteiger partial charge in [-0.15, -0.1) is 0 Å². The van der Waals surface area contributed by atoms with Gasteiger partial charge in [0.1, 0.15) is 0 Å². The molecule has 0 saturated heterocycles. The van der Waals surface area contributed by atoms with Gasteiger partial charge in [-0.3, -0.25) is 0 Å². The minimum absolute atomic E-state index is 0.0624. The van der Waals surface area contributed by atoms with Gasteiger partial charge in [0.15, 0.2) is 0 Å². The summed E-state index contributed by atoms with van der Waals surface area (Å²) in [6, 6.07) is 21.5. The second-order valence-corrected chi connectivity index (χ2v) is 7.35. The Kier molecular flexibility index (Phi) is 4.73. The maximum absolute atomic E-state index is 6.16. The van der Waals surface area contributed by atoms with Crippen molar-refractivity contribution in [1.82, 2.24) is 0 Å². The lowest BCUT2D eigenvalue weighted by atomic mass is 10.0.